The molecule has 5 nitrogen and oxygen atoms in total. The van der Waals surface area contributed by atoms with Gasteiger partial charge in [-0.1, -0.05) is 0 Å². The van der Waals surface area contributed by atoms with E-state index in [9.17, 15) is 0 Å². The Morgan fingerprint density at radius 2 is 1.87 bits per heavy atom. The van der Waals surface area contributed by atoms with Crippen molar-refractivity contribution in [2.75, 3.05) is 12.4 Å². The number of nitrogens with one attached hydrogen (secondary N) is 1. The first-order valence-corrected chi connectivity index (χ1v) is 5.08. The van der Waals surface area contributed by atoms with Crippen LogP contribution in [0.25, 0.3) is 11.6 Å². The summed E-state index contributed by atoms with van der Waals surface area (Å²) in [6, 6.07) is 1.75. The van der Waals surface area contributed by atoms with Crippen molar-refractivity contribution in [1.29, 1.82) is 0 Å². The fourth-order valence-corrected chi connectivity index (χ4v) is 1.45. The molecule has 0 aliphatic carbocycles. The molecular formula is C9H8BrN5. The number of rotatable bonds is 2. The standard InChI is InChI=1S/C9H8BrN5/c1-11-7-6(10)5-14-9(15-7)8-12-3-2-4-13-8/h2-5H,1H3,(H,11,14,15). The summed E-state index contributed by atoms with van der Waals surface area (Å²) < 4.78 is 0.810. The molecule has 0 aliphatic heterocycles. The van der Waals surface area contributed by atoms with Gasteiger partial charge in [-0.25, -0.2) is 19.9 Å². The summed E-state index contributed by atoms with van der Waals surface area (Å²) in [5.41, 5.74) is 0. The van der Waals surface area contributed by atoms with E-state index in [4.69, 9.17) is 0 Å². The van der Waals surface area contributed by atoms with E-state index < -0.39 is 0 Å². The van der Waals surface area contributed by atoms with Gasteiger partial charge >= 0.3 is 0 Å². The Morgan fingerprint density at radius 3 is 2.53 bits per heavy atom. The highest BCUT2D eigenvalue weighted by atomic mass is 79.9. The predicted molar refractivity (Wildman–Crippen MR) is 60.3 cm³/mol. The van der Waals surface area contributed by atoms with E-state index in [2.05, 4.69) is 41.2 Å². The van der Waals surface area contributed by atoms with Crippen molar-refractivity contribution in [3.63, 3.8) is 0 Å². The Labute approximate surface area is 95.1 Å². The largest absolute Gasteiger partial charge is 0.372 e. The highest BCUT2D eigenvalue weighted by Crippen LogP contribution is 2.20. The Kier molecular flexibility index (Phi) is 2.86. The van der Waals surface area contributed by atoms with Crippen LogP contribution in [-0.4, -0.2) is 27.0 Å². The first-order chi connectivity index (χ1) is 7.31. The highest BCUT2D eigenvalue weighted by Gasteiger charge is 2.06. The van der Waals surface area contributed by atoms with E-state index in [1.54, 1.807) is 31.7 Å². The fraction of sp³-hybridized carbons (Fsp3) is 0.111. The molecule has 0 atom stereocenters. The van der Waals surface area contributed by atoms with E-state index in [-0.39, 0.29) is 0 Å². The van der Waals surface area contributed by atoms with Gasteiger partial charge in [0.15, 0.2) is 11.6 Å². The van der Waals surface area contributed by atoms with Gasteiger partial charge in [0.1, 0.15) is 5.82 Å². The van der Waals surface area contributed by atoms with Crippen molar-refractivity contribution in [3.8, 4) is 11.6 Å². The molecule has 0 bridgehead atoms. The third-order valence-corrected chi connectivity index (χ3v) is 2.33. The molecule has 2 aromatic rings. The summed E-state index contributed by atoms with van der Waals surface area (Å²) in [4.78, 5) is 16.6. The first-order valence-electron chi connectivity index (χ1n) is 4.29. The van der Waals surface area contributed by atoms with Crippen LogP contribution in [-0.2, 0) is 0 Å². The Morgan fingerprint density at radius 1 is 1.13 bits per heavy atom. The average molecular weight is 266 g/mol. The Balaban J connectivity index is 2.46. The van der Waals surface area contributed by atoms with Crippen LogP contribution >= 0.6 is 15.9 Å². The fourth-order valence-electron chi connectivity index (χ4n) is 1.06. The maximum atomic E-state index is 4.27. The van der Waals surface area contributed by atoms with E-state index in [1.807, 2.05) is 0 Å². The van der Waals surface area contributed by atoms with Crippen LogP contribution in [0.1, 0.15) is 0 Å². The average Bonchev–Trinajstić information content (AvgIpc) is 2.31. The van der Waals surface area contributed by atoms with Gasteiger partial charge in [-0.15, -0.1) is 0 Å². The molecule has 2 rings (SSSR count). The number of nitrogens with zero attached hydrogens (tertiary/aromatic N) is 4. The molecule has 2 aromatic heterocycles. The van der Waals surface area contributed by atoms with Crippen LogP contribution in [0.4, 0.5) is 5.82 Å². The highest BCUT2D eigenvalue weighted by molar-refractivity contribution is 9.10. The second kappa shape index (κ2) is 4.31. The van der Waals surface area contributed by atoms with Crippen molar-refractivity contribution in [3.05, 3.63) is 29.1 Å². The molecule has 0 unspecified atom stereocenters. The van der Waals surface area contributed by atoms with E-state index in [0.29, 0.717) is 17.5 Å². The quantitative estimate of drug-likeness (QED) is 0.896. The van der Waals surface area contributed by atoms with E-state index in [1.165, 1.54) is 0 Å². The van der Waals surface area contributed by atoms with E-state index in [0.717, 1.165) is 4.47 Å². The van der Waals surface area contributed by atoms with Gasteiger partial charge in [0.25, 0.3) is 0 Å². The summed E-state index contributed by atoms with van der Waals surface area (Å²) in [5.74, 6) is 1.73. The predicted octanol–water partition coefficient (Wildman–Crippen LogP) is 1.74. The van der Waals surface area contributed by atoms with Crippen molar-refractivity contribution >= 4 is 21.7 Å². The molecule has 0 saturated carbocycles. The lowest BCUT2D eigenvalue weighted by atomic mass is 10.5. The van der Waals surface area contributed by atoms with Crippen molar-refractivity contribution in [1.82, 2.24) is 19.9 Å². The SMILES string of the molecule is CNc1nc(-c2ncccn2)ncc1Br. The lowest BCUT2D eigenvalue weighted by molar-refractivity contribution is 1.07. The number of hydrogen-bond acceptors (Lipinski definition) is 5. The molecule has 15 heavy (non-hydrogen) atoms. The topological polar surface area (TPSA) is 63.6 Å². The maximum Gasteiger partial charge on any atom is 0.199 e. The minimum atomic E-state index is 0.503. The van der Waals surface area contributed by atoms with Gasteiger partial charge in [0.2, 0.25) is 0 Å². The molecular weight excluding hydrogens is 258 g/mol. The number of hydrogen-bond donors (Lipinski definition) is 1. The zero-order valence-corrected chi connectivity index (χ0v) is 9.56. The normalized spacial score (nSPS) is 10.0. The third-order valence-electron chi connectivity index (χ3n) is 1.75. The molecule has 76 valence electrons. The molecule has 2 heterocycles. The minimum Gasteiger partial charge on any atom is -0.372 e. The molecule has 0 amide bonds. The van der Waals surface area contributed by atoms with Gasteiger partial charge in [-0.2, -0.15) is 0 Å². The molecule has 0 radical (unpaired) electrons. The van der Waals surface area contributed by atoms with Gasteiger partial charge in [0.05, 0.1) is 4.47 Å². The molecule has 1 N–H and O–H groups in total. The van der Waals surface area contributed by atoms with Crippen LogP contribution in [0.15, 0.2) is 29.1 Å². The molecule has 0 fully saturated rings. The number of aromatic nitrogens is 4. The van der Waals surface area contributed by atoms with Gasteiger partial charge in [0, 0.05) is 25.6 Å². The van der Waals surface area contributed by atoms with Crippen LogP contribution < -0.4 is 5.32 Å². The second-order valence-electron chi connectivity index (χ2n) is 2.71. The molecule has 0 spiro atoms. The zero-order valence-electron chi connectivity index (χ0n) is 7.98. The van der Waals surface area contributed by atoms with Crippen LogP contribution in [0.5, 0.6) is 0 Å². The Hall–Kier alpha value is -1.56. The van der Waals surface area contributed by atoms with Gasteiger partial charge < -0.3 is 5.32 Å². The van der Waals surface area contributed by atoms with Crippen molar-refractivity contribution < 1.29 is 0 Å². The molecule has 0 saturated heterocycles. The third kappa shape index (κ3) is 2.10. The summed E-state index contributed by atoms with van der Waals surface area (Å²) in [6.07, 6.45) is 4.99. The van der Waals surface area contributed by atoms with Crippen LogP contribution in [0, 0.1) is 0 Å². The number of anilines is 1. The smallest absolute Gasteiger partial charge is 0.199 e. The van der Waals surface area contributed by atoms with Crippen LogP contribution in [0.3, 0.4) is 0 Å². The van der Waals surface area contributed by atoms with E-state index >= 15 is 0 Å². The molecule has 0 aromatic carbocycles. The zero-order chi connectivity index (χ0) is 10.7. The summed E-state index contributed by atoms with van der Waals surface area (Å²) >= 11 is 3.33. The van der Waals surface area contributed by atoms with Crippen molar-refractivity contribution in [2.24, 2.45) is 0 Å². The lowest BCUT2D eigenvalue weighted by Gasteiger charge is -2.03. The number of halogens is 1. The minimum absolute atomic E-state index is 0.503. The van der Waals surface area contributed by atoms with Gasteiger partial charge in [-0.3, -0.25) is 0 Å². The summed E-state index contributed by atoms with van der Waals surface area (Å²) in [7, 11) is 1.79. The maximum absolute atomic E-state index is 4.27. The second-order valence-corrected chi connectivity index (χ2v) is 3.57. The van der Waals surface area contributed by atoms with Gasteiger partial charge in [-0.05, 0) is 22.0 Å². The molecule has 0 aliphatic rings. The summed E-state index contributed by atoms with van der Waals surface area (Å²) in [5, 5.41) is 2.95. The van der Waals surface area contributed by atoms with Crippen LogP contribution in [0.2, 0.25) is 0 Å². The summed E-state index contributed by atoms with van der Waals surface area (Å²) in [6.45, 7) is 0. The monoisotopic (exact) mass is 265 g/mol. The van der Waals surface area contributed by atoms with Crippen molar-refractivity contribution in [2.45, 2.75) is 0 Å². The Bertz CT molecular complexity index is 459. The molecule has 6 heteroatoms. The lowest BCUT2D eigenvalue weighted by Crippen LogP contribution is -1.99. The first kappa shape index (κ1) is 9.97.